The van der Waals surface area contributed by atoms with Crippen molar-refractivity contribution in [2.45, 2.75) is 33.1 Å². The fourth-order valence-electron chi connectivity index (χ4n) is 1.03. The Kier molecular flexibility index (Phi) is 2.38. The Balaban J connectivity index is 3.26. The quantitative estimate of drug-likeness (QED) is 0.563. The molecule has 0 aliphatic rings. The molecule has 68 valence electrons. The molecule has 0 unspecified atom stereocenters. The molecular weight excluding hydrogens is 160 g/mol. The Bertz CT molecular complexity index is 353. The minimum absolute atomic E-state index is 0.0271. The number of rotatable bonds is 0. The van der Waals surface area contributed by atoms with Gasteiger partial charge in [-0.3, -0.25) is 0 Å². The summed E-state index contributed by atoms with van der Waals surface area (Å²) in [6.45, 7) is 8.18. The van der Waals surface area contributed by atoms with E-state index in [1.807, 2.05) is 13.0 Å². The second-order valence-electron chi connectivity index (χ2n) is 4.08. The maximum atomic E-state index is 5.29. The fourth-order valence-corrected chi connectivity index (χ4v) is 1.03. The van der Waals surface area contributed by atoms with Crippen LogP contribution in [0.1, 0.15) is 38.0 Å². The Morgan fingerprint density at radius 1 is 1.31 bits per heavy atom. The third kappa shape index (κ3) is 2.29. The van der Waals surface area contributed by atoms with E-state index in [-0.39, 0.29) is 5.41 Å². The van der Waals surface area contributed by atoms with Crippen molar-refractivity contribution in [3.05, 3.63) is 23.3 Å². The highest BCUT2D eigenvalue weighted by molar-refractivity contribution is 5.28. The summed E-state index contributed by atoms with van der Waals surface area (Å²) in [4.78, 5) is 8.46. The zero-order chi connectivity index (χ0) is 10.1. The second-order valence-corrected chi connectivity index (χ2v) is 4.08. The number of aromatic nitrogens is 2. The van der Waals surface area contributed by atoms with Crippen LogP contribution in [0.15, 0.2) is 6.07 Å². The van der Waals surface area contributed by atoms with Gasteiger partial charge in [0.15, 0.2) is 0 Å². The van der Waals surface area contributed by atoms with Crippen LogP contribution in [-0.4, -0.2) is 9.97 Å². The molecule has 2 heteroatoms. The van der Waals surface area contributed by atoms with Crippen LogP contribution in [-0.2, 0) is 5.41 Å². The molecule has 0 spiro atoms. The molecule has 1 aromatic rings. The summed E-state index contributed by atoms with van der Waals surface area (Å²) in [6, 6.07) is 1.87. The molecule has 0 radical (unpaired) electrons. The van der Waals surface area contributed by atoms with E-state index in [0.29, 0.717) is 5.69 Å². The maximum absolute atomic E-state index is 5.29. The first-order valence-corrected chi connectivity index (χ1v) is 4.26. The van der Waals surface area contributed by atoms with Crippen molar-refractivity contribution in [3.63, 3.8) is 0 Å². The van der Waals surface area contributed by atoms with Gasteiger partial charge in [-0.05, 0) is 13.0 Å². The average Bonchev–Trinajstić information content (AvgIpc) is 2.01. The maximum Gasteiger partial charge on any atom is 0.126 e. The van der Waals surface area contributed by atoms with Crippen LogP contribution in [0.2, 0.25) is 0 Å². The number of hydrogen-bond donors (Lipinski definition) is 0. The van der Waals surface area contributed by atoms with Crippen molar-refractivity contribution in [2.24, 2.45) is 0 Å². The van der Waals surface area contributed by atoms with E-state index in [9.17, 15) is 0 Å². The summed E-state index contributed by atoms with van der Waals surface area (Å²) in [5.74, 6) is 3.27. The highest BCUT2D eigenvalue weighted by Crippen LogP contribution is 2.20. The molecular formula is C11H14N2. The molecule has 1 rings (SSSR count). The minimum atomic E-state index is 0.0271. The molecule has 0 amide bonds. The molecule has 1 heterocycles. The van der Waals surface area contributed by atoms with Crippen molar-refractivity contribution in [3.8, 4) is 12.3 Å². The van der Waals surface area contributed by atoms with Gasteiger partial charge in [-0.1, -0.05) is 26.7 Å². The molecule has 1 aromatic heterocycles. The van der Waals surface area contributed by atoms with Crippen molar-refractivity contribution < 1.29 is 0 Å². The van der Waals surface area contributed by atoms with E-state index in [0.717, 1.165) is 11.5 Å². The number of aryl methyl sites for hydroxylation is 1. The summed E-state index contributed by atoms with van der Waals surface area (Å²) in [5.41, 5.74) is 1.68. The molecule has 2 nitrogen and oxygen atoms in total. The molecule has 0 fully saturated rings. The first-order chi connectivity index (χ1) is 5.93. The normalized spacial score (nSPS) is 11.0. The van der Waals surface area contributed by atoms with E-state index < -0.39 is 0 Å². The van der Waals surface area contributed by atoms with E-state index in [1.165, 1.54) is 0 Å². The third-order valence-electron chi connectivity index (χ3n) is 1.75. The van der Waals surface area contributed by atoms with E-state index in [1.54, 1.807) is 0 Å². The minimum Gasteiger partial charge on any atom is -0.238 e. The lowest BCUT2D eigenvalue weighted by Gasteiger charge is -2.17. The lowest BCUT2D eigenvalue weighted by Crippen LogP contribution is -2.15. The number of hydrogen-bond acceptors (Lipinski definition) is 2. The zero-order valence-electron chi connectivity index (χ0n) is 8.55. The SMILES string of the molecule is C#Cc1cc(C(C)(C)C)nc(C)n1. The Labute approximate surface area is 79.4 Å². The van der Waals surface area contributed by atoms with Gasteiger partial charge in [0.1, 0.15) is 11.5 Å². The predicted molar refractivity (Wildman–Crippen MR) is 53.4 cm³/mol. The number of terminal acetylenes is 1. The largest absolute Gasteiger partial charge is 0.238 e. The monoisotopic (exact) mass is 174 g/mol. The smallest absolute Gasteiger partial charge is 0.126 e. The van der Waals surface area contributed by atoms with Gasteiger partial charge in [0, 0.05) is 5.41 Å². The Morgan fingerprint density at radius 2 is 1.92 bits per heavy atom. The van der Waals surface area contributed by atoms with Gasteiger partial charge in [-0.25, -0.2) is 9.97 Å². The fraction of sp³-hybridized carbons (Fsp3) is 0.455. The van der Waals surface area contributed by atoms with E-state index >= 15 is 0 Å². The molecule has 0 bridgehead atoms. The average molecular weight is 174 g/mol. The number of nitrogens with zero attached hydrogens (tertiary/aromatic N) is 2. The molecule has 0 saturated heterocycles. The predicted octanol–water partition coefficient (Wildman–Crippen LogP) is 2.06. The van der Waals surface area contributed by atoms with Crippen LogP contribution in [0.4, 0.5) is 0 Å². The van der Waals surface area contributed by atoms with Gasteiger partial charge >= 0.3 is 0 Å². The zero-order valence-corrected chi connectivity index (χ0v) is 8.55. The van der Waals surface area contributed by atoms with Gasteiger partial charge in [-0.2, -0.15) is 0 Å². The van der Waals surface area contributed by atoms with Gasteiger partial charge in [0.05, 0.1) is 5.69 Å². The van der Waals surface area contributed by atoms with Gasteiger partial charge in [-0.15, -0.1) is 6.42 Å². The summed E-state index contributed by atoms with van der Waals surface area (Å²) < 4.78 is 0. The first kappa shape index (κ1) is 9.73. The van der Waals surface area contributed by atoms with Crippen molar-refractivity contribution in [2.75, 3.05) is 0 Å². The van der Waals surface area contributed by atoms with Crippen LogP contribution >= 0.6 is 0 Å². The van der Waals surface area contributed by atoms with E-state index in [4.69, 9.17) is 6.42 Å². The van der Waals surface area contributed by atoms with Crippen LogP contribution in [0.3, 0.4) is 0 Å². The van der Waals surface area contributed by atoms with Crippen LogP contribution in [0.5, 0.6) is 0 Å². The Hall–Kier alpha value is -1.36. The summed E-state index contributed by atoms with van der Waals surface area (Å²) in [7, 11) is 0. The summed E-state index contributed by atoms with van der Waals surface area (Å²) >= 11 is 0. The molecule has 0 aliphatic carbocycles. The van der Waals surface area contributed by atoms with Crippen molar-refractivity contribution in [1.82, 2.24) is 9.97 Å². The van der Waals surface area contributed by atoms with Gasteiger partial charge in [0.2, 0.25) is 0 Å². The summed E-state index contributed by atoms with van der Waals surface area (Å²) in [6.07, 6.45) is 5.29. The molecule has 0 aliphatic heterocycles. The molecule has 0 atom stereocenters. The van der Waals surface area contributed by atoms with Crippen molar-refractivity contribution in [1.29, 1.82) is 0 Å². The van der Waals surface area contributed by atoms with Gasteiger partial charge < -0.3 is 0 Å². The van der Waals surface area contributed by atoms with Crippen LogP contribution < -0.4 is 0 Å². The van der Waals surface area contributed by atoms with Crippen LogP contribution in [0.25, 0.3) is 0 Å². The Morgan fingerprint density at radius 3 is 2.38 bits per heavy atom. The van der Waals surface area contributed by atoms with Crippen molar-refractivity contribution >= 4 is 0 Å². The molecule has 0 saturated carbocycles. The van der Waals surface area contributed by atoms with E-state index in [2.05, 4.69) is 36.7 Å². The van der Waals surface area contributed by atoms with Crippen LogP contribution in [0, 0.1) is 19.3 Å². The standard InChI is InChI=1S/C11H14N2/c1-6-9-7-10(11(3,4)5)13-8(2)12-9/h1,7H,2-5H3. The second kappa shape index (κ2) is 3.18. The highest BCUT2D eigenvalue weighted by Gasteiger charge is 2.16. The lowest BCUT2D eigenvalue weighted by atomic mass is 9.91. The molecule has 13 heavy (non-hydrogen) atoms. The third-order valence-corrected chi connectivity index (χ3v) is 1.75. The highest BCUT2D eigenvalue weighted by atomic mass is 14.9. The molecule has 0 N–H and O–H groups in total. The molecule has 0 aromatic carbocycles. The summed E-state index contributed by atoms with van der Waals surface area (Å²) in [5, 5.41) is 0. The topological polar surface area (TPSA) is 25.8 Å². The first-order valence-electron chi connectivity index (χ1n) is 4.26. The van der Waals surface area contributed by atoms with Gasteiger partial charge in [0.25, 0.3) is 0 Å². The lowest BCUT2D eigenvalue weighted by molar-refractivity contribution is 0.563.